The van der Waals surface area contributed by atoms with E-state index in [4.69, 9.17) is 0 Å². The molecule has 2 aromatic rings. The number of aromatic nitrogens is 2. The molecule has 12 heavy (non-hydrogen) atoms. The van der Waals surface area contributed by atoms with E-state index in [0.717, 1.165) is 22.4 Å². The van der Waals surface area contributed by atoms with Gasteiger partial charge in [0.1, 0.15) is 0 Å². The molecule has 0 saturated carbocycles. The molecular weight excluding hydrogens is 286 g/mol. The molecule has 0 fully saturated rings. The van der Waals surface area contributed by atoms with E-state index in [9.17, 15) is 0 Å². The van der Waals surface area contributed by atoms with Gasteiger partial charge in [-0.05, 0) is 0 Å². The fourth-order valence-electron chi connectivity index (χ4n) is 1.06. The van der Waals surface area contributed by atoms with Gasteiger partial charge in [-0.3, -0.25) is 0 Å². The Kier molecular flexibility index (Phi) is 1.43. The van der Waals surface area contributed by atoms with Crippen molar-refractivity contribution in [1.82, 2.24) is 7.96 Å². The standard InChI is InChI=1S/C6H2N4Se2/c1-3-5(9-11-7-3)2-6-4(1)8-12-10-6/h1-2H. The minimum absolute atomic E-state index is 0.0581. The Hall–Kier alpha value is -0.541. The summed E-state index contributed by atoms with van der Waals surface area (Å²) in [4.78, 5) is 0. The molecule has 58 valence electrons. The van der Waals surface area contributed by atoms with Crippen molar-refractivity contribution in [2.75, 3.05) is 0 Å². The maximum atomic E-state index is 4.28. The molecule has 1 aliphatic rings. The van der Waals surface area contributed by atoms with Crippen molar-refractivity contribution in [2.45, 2.75) is 0 Å². The van der Waals surface area contributed by atoms with Crippen LogP contribution in [0.1, 0.15) is 0 Å². The summed E-state index contributed by atoms with van der Waals surface area (Å²) < 4.78 is 17.1. The van der Waals surface area contributed by atoms with Gasteiger partial charge in [-0.1, -0.05) is 0 Å². The molecule has 1 aliphatic heterocycles. The second-order valence-electron chi connectivity index (χ2n) is 2.36. The number of hydrogen-bond acceptors (Lipinski definition) is 4. The first-order chi connectivity index (χ1) is 5.93. The third-order valence-corrected chi connectivity index (χ3v) is 3.96. The Labute approximate surface area is 80.0 Å². The molecule has 0 N–H and O–H groups in total. The molecule has 1 aromatic carbocycles. The molecular formula is C6H2N4Se2. The van der Waals surface area contributed by atoms with Crippen LogP contribution in [0.5, 0.6) is 0 Å². The van der Waals surface area contributed by atoms with E-state index >= 15 is 0 Å². The van der Waals surface area contributed by atoms with Crippen LogP contribution in [-0.2, 0) is 0 Å². The Morgan fingerprint density at radius 1 is 0.917 bits per heavy atom. The first kappa shape index (κ1) is 6.92. The van der Waals surface area contributed by atoms with Gasteiger partial charge in [0.25, 0.3) is 0 Å². The number of nitrogens with zero attached hydrogens (tertiary/aromatic N) is 4. The van der Waals surface area contributed by atoms with Crippen LogP contribution >= 0.6 is 0 Å². The number of rotatable bonds is 0. The van der Waals surface area contributed by atoms with Crippen molar-refractivity contribution in [2.24, 2.45) is 7.92 Å². The molecule has 0 saturated heterocycles. The molecule has 0 amide bonds. The van der Waals surface area contributed by atoms with E-state index in [0.29, 0.717) is 0 Å². The first-order valence-corrected chi connectivity index (χ1v) is 6.34. The van der Waals surface area contributed by atoms with Gasteiger partial charge in [0.05, 0.1) is 0 Å². The van der Waals surface area contributed by atoms with Crippen molar-refractivity contribution in [3.63, 3.8) is 0 Å². The van der Waals surface area contributed by atoms with Gasteiger partial charge in [-0.25, -0.2) is 0 Å². The van der Waals surface area contributed by atoms with Crippen LogP contribution in [0.4, 0.5) is 11.4 Å². The second kappa shape index (κ2) is 2.47. The van der Waals surface area contributed by atoms with Gasteiger partial charge < -0.3 is 0 Å². The summed E-state index contributed by atoms with van der Waals surface area (Å²) in [5.74, 6) is 0. The van der Waals surface area contributed by atoms with Crippen LogP contribution < -0.4 is 0 Å². The van der Waals surface area contributed by atoms with Gasteiger partial charge in [0.2, 0.25) is 0 Å². The predicted octanol–water partition coefficient (Wildman–Crippen LogP) is 1.03. The Morgan fingerprint density at radius 3 is 2.08 bits per heavy atom. The van der Waals surface area contributed by atoms with Crippen molar-refractivity contribution in [3.8, 4) is 0 Å². The van der Waals surface area contributed by atoms with E-state index in [1.807, 2.05) is 12.1 Å². The SMILES string of the molecule is c1c2c(cc3n[se]nc13)N=[Se]=N2. The third-order valence-electron chi connectivity index (χ3n) is 1.63. The quantitative estimate of drug-likeness (QED) is 0.580. The topological polar surface area (TPSA) is 50.5 Å². The predicted molar refractivity (Wildman–Crippen MR) is 46.4 cm³/mol. The van der Waals surface area contributed by atoms with Gasteiger partial charge in [0, 0.05) is 0 Å². The molecule has 0 aliphatic carbocycles. The summed E-state index contributed by atoms with van der Waals surface area (Å²) in [6.45, 7) is 0. The minimum atomic E-state index is 0.0581. The molecule has 0 radical (unpaired) electrons. The van der Waals surface area contributed by atoms with Crippen molar-refractivity contribution in [1.29, 1.82) is 0 Å². The Balaban J connectivity index is 2.48. The monoisotopic (exact) mass is 290 g/mol. The van der Waals surface area contributed by atoms with Gasteiger partial charge >= 0.3 is 80.0 Å². The first-order valence-electron chi connectivity index (χ1n) is 3.28. The second-order valence-corrected chi connectivity index (χ2v) is 4.58. The Bertz CT molecular complexity index is 481. The zero-order valence-corrected chi connectivity index (χ0v) is 9.19. The molecule has 0 atom stereocenters. The average molecular weight is 288 g/mol. The van der Waals surface area contributed by atoms with E-state index in [2.05, 4.69) is 15.9 Å². The molecule has 0 unspecified atom stereocenters. The molecule has 2 heterocycles. The number of hydrogen-bond donors (Lipinski definition) is 0. The van der Waals surface area contributed by atoms with Crippen LogP contribution in [-0.4, -0.2) is 37.5 Å². The van der Waals surface area contributed by atoms with E-state index in [1.54, 1.807) is 0 Å². The van der Waals surface area contributed by atoms with Crippen LogP contribution in [0, 0.1) is 0 Å². The van der Waals surface area contributed by atoms with Crippen LogP contribution in [0.25, 0.3) is 11.0 Å². The van der Waals surface area contributed by atoms with Gasteiger partial charge in [-0.2, -0.15) is 0 Å². The summed E-state index contributed by atoms with van der Waals surface area (Å²) >= 11 is 0.116. The van der Waals surface area contributed by atoms with E-state index in [-0.39, 0.29) is 29.5 Å². The molecule has 6 heteroatoms. The fraction of sp³-hybridized carbons (Fsp3) is 0. The fourth-order valence-corrected chi connectivity index (χ4v) is 3.20. The normalized spacial score (nSPS) is 13.3. The summed E-state index contributed by atoms with van der Waals surface area (Å²) in [6, 6.07) is 3.97. The van der Waals surface area contributed by atoms with E-state index in [1.165, 1.54) is 0 Å². The number of fused-ring (bicyclic) bond motifs is 2. The summed E-state index contributed by atoms with van der Waals surface area (Å²) in [5.41, 5.74) is 3.96. The zero-order valence-electron chi connectivity index (χ0n) is 5.76. The molecule has 3 rings (SSSR count). The third kappa shape index (κ3) is 0.898. The molecule has 0 spiro atoms. The van der Waals surface area contributed by atoms with Crippen LogP contribution in [0.3, 0.4) is 0 Å². The van der Waals surface area contributed by atoms with Crippen molar-refractivity contribution >= 4 is 51.9 Å². The summed E-state index contributed by atoms with van der Waals surface area (Å²) in [6.07, 6.45) is 0. The summed E-state index contributed by atoms with van der Waals surface area (Å²) in [5, 5.41) is 0. The van der Waals surface area contributed by atoms with E-state index < -0.39 is 0 Å². The molecule has 1 aromatic heterocycles. The molecule has 4 nitrogen and oxygen atoms in total. The number of benzene rings is 1. The summed E-state index contributed by atoms with van der Waals surface area (Å²) in [7, 11) is 0. The zero-order chi connectivity index (χ0) is 7.97. The van der Waals surface area contributed by atoms with Crippen LogP contribution in [0.15, 0.2) is 20.1 Å². The Morgan fingerprint density at radius 2 is 1.50 bits per heavy atom. The maximum absolute atomic E-state index is 4.28. The van der Waals surface area contributed by atoms with Gasteiger partial charge in [-0.15, -0.1) is 0 Å². The van der Waals surface area contributed by atoms with Crippen molar-refractivity contribution < 1.29 is 0 Å². The van der Waals surface area contributed by atoms with Crippen LogP contribution in [0.2, 0.25) is 0 Å². The van der Waals surface area contributed by atoms with Crippen molar-refractivity contribution in [3.05, 3.63) is 12.1 Å². The van der Waals surface area contributed by atoms with Gasteiger partial charge in [0.15, 0.2) is 0 Å². The molecule has 0 bridgehead atoms. The average Bonchev–Trinajstić information content (AvgIpc) is 2.64.